The summed E-state index contributed by atoms with van der Waals surface area (Å²) >= 11 is 3.34. The van der Waals surface area contributed by atoms with Crippen LogP contribution in [0.25, 0.3) is 10.2 Å². The van der Waals surface area contributed by atoms with Gasteiger partial charge in [0.2, 0.25) is 0 Å². The molecule has 0 bridgehead atoms. The summed E-state index contributed by atoms with van der Waals surface area (Å²) in [5.41, 5.74) is 4.07. The van der Waals surface area contributed by atoms with E-state index in [0.29, 0.717) is 12.1 Å². The van der Waals surface area contributed by atoms with E-state index in [1.54, 1.807) is 23.1 Å². The summed E-state index contributed by atoms with van der Waals surface area (Å²) in [4.78, 5) is 23.3. The van der Waals surface area contributed by atoms with Gasteiger partial charge in [-0.2, -0.15) is 0 Å². The van der Waals surface area contributed by atoms with E-state index in [9.17, 15) is 4.79 Å². The lowest BCUT2D eigenvalue weighted by Gasteiger charge is -2.22. The van der Waals surface area contributed by atoms with Crippen LogP contribution in [0.1, 0.15) is 28.4 Å². The maximum Gasteiger partial charge on any atom is 0.260 e. The van der Waals surface area contributed by atoms with Crippen molar-refractivity contribution < 1.29 is 4.79 Å². The number of aromatic nitrogens is 1. The lowest BCUT2D eigenvalue weighted by molar-refractivity contribution is 0.0985. The Kier molecular flexibility index (Phi) is 6.75. The molecule has 28 heavy (non-hydrogen) atoms. The molecule has 0 aliphatic heterocycles. The van der Waals surface area contributed by atoms with Crippen LogP contribution in [-0.4, -0.2) is 48.7 Å². The third-order valence-corrected chi connectivity index (χ3v) is 6.36. The molecule has 4 nitrogen and oxygen atoms in total. The highest BCUT2D eigenvalue weighted by Crippen LogP contribution is 2.32. The third kappa shape index (κ3) is 4.74. The first-order valence-electron chi connectivity index (χ1n) is 9.46. The Labute approximate surface area is 175 Å². The van der Waals surface area contributed by atoms with Gasteiger partial charge >= 0.3 is 0 Å². The molecule has 0 atom stereocenters. The first-order valence-corrected chi connectivity index (χ1v) is 11.3. The monoisotopic (exact) mass is 413 g/mol. The van der Waals surface area contributed by atoms with Crippen molar-refractivity contribution in [3.05, 3.63) is 53.1 Å². The van der Waals surface area contributed by atoms with Crippen LogP contribution in [0.15, 0.2) is 41.3 Å². The number of likely N-dealkylation sites (N-methyl/N-ethyl adjacent to an activating group) is 1. The second-order valence-corrected chi connectivity index (χ2v) is 9.49. The zero-order valence-electron chi connectivity index (χ0n) is 17.2. The average Bonchev–Trinajstić information content (AvgIpc) is 3.06. The Morgan fingerprint density at radius 1 is 1.14 bits per heavy atom. The average molecular weight is 414 g/mol. The van der Waals surface area contributed by atoms with Crippen molar-refractivity contribution in [2.75, 3.05) is 37.8 Å². The standard InChI is InChI=1S/C22H27N3OS2/c1-6-27-18-9-7-8-17(14-18)21(26)25(11-10-24(4)5)22-23-20-16(3)12-15(2)13-19(20)28-22/h7-9,12-14H,6,10-11H2,1-5H3. The number of thiazole rings is 1. The largest absolute Gasteiger partial charge is 0.308 e. The second kappa shape index (κ2) is 9.07. The topological polar surface area (TPSA) is 36.4 Å². The van der Waals surface area contributed by atoms with E-state index < -0.39 is 0 Å². The zero-order chi connectivity index (χ0) is 20.3. The van der Waals surface area contributed by atoms with Crippen LogP contribution in [0.5, 0.6) is 0 Å². The molecule has 0 radical (unpaired) electrons. The Hall–Kier alpha value is -1.89. The molecule has 3 rings (SSSR count). The molecular weight excluding hydrogens is 386 g/mol. The molecule has 0 saturated carbocycles. The maximum atomic E-state index is 13.4. The molecule has 0 unspecified atom stereocenters. The molecule has 0 fully saturated rings. The summed E-state index contributed by atoms with van der Waals surface area (Å²) < 4.78 is 1.13. The molecule has 6 heteroatoms. The molecule has 0 aliphatic carbocycles. The summed E-state index contributed by atoms with van der Waals surface area (Å²) in [6.45, 7) is 7.68. The van der Waals surface area contributed by atoms with Crippen LogP contribution in [0.4, 0.5) is 5.13 Å². The first kappa shape index (κ1) is 20.8. The van der Waals surface area contributed by atoms with Crippen molar-refractivity contribution in [1.29, 1.82) is 0 Å². The molecule has 2 aromatic carbocycles. The minimum atomic E-state index is 0.00818. The number of anilines is 1. The van der Waals surface area contributed by atoms with Crippen molar-refractivity contribution in [2.45, 2.75) is 25.7 Å². The van der Waals surface area contributed by atoms with Crippen LogP contribution < -0.4 is 4.90 Å². The number of fused-ring (bicyclic) bond motifs is 1. The van der Waals surface area contributed by atoms with Crippen molar-refractivity contribution in [3.63, 3.8) is 0 Å². The fraction of sp³-hybridized carbons (Fsp3) is 0.364. The van der Waals surface area contributed by atoms with Gasteiger partial charge < -0.3 is 4.90 Å². The van der Waals surface area contributed by atoms with E-state index in [-0.39, 0.29) is 5.91 Å². The van der Waals surface area contributed by atoms with Gasteiger partial charge in [-0.15, -0.1) is 11.8 Å². The smallest absolute Gasteiger partial charge is 0.260 e. The van der Waals surface area contributed by atoms with Crippen molar-refractivity contribution >= 4 is 44.4 Å². The molecule has 1 heterocycles. The van der Waals surface area contributed by atoms with Gasteiger partial charge in [0.15, 0.2) is 5.13 Å². The Morgan fingerprint density at radius 3 is 2.64 bits per heavy atom. The van der Waals surface area contributed by atoms with Crippen LogP contribution in [0.3, 0.4) is 0 Å². The van der Waals surface area contributed by atoms with Crippen LogP contribution >= 0.6 is 23.1 Å². The van der Waals surface area contributed by atoms with Crippen molar-refractivity contribution in [2.24, 2.45) is 0 Å². The third-order valence-electron chi connectivity index (χ3n) is 4.46. The zero-order valence-corrected chi connectivity index (χ0v) is 18.8. The lowest BCUT2D eigenvalue weighted by atomic mass is 10.1. The number of thioether (sulfide) groups is 1. The molecule has 0 aliphatic rings. The van der Waals surface area contributed by atoms with Gasteiger partial charge in [0.05, 0.1) is 10.2 Å². The van der Waals surface area contributed by atoms with Gasteiger partial charge in [0, 0.05) is 23.5 Å². The van der Waals surface area contributed by atoms with E-state index >= 15 is 0 Å². The first-order chi connectivity index (χ1) is 13.4. The quantitative estimate of drug-likeness (QED) is 0.497. The van der Waals surface area contributed by atoms with Gasteiger partial charge in [0.25, 0.3) is 5.91 Å². The van der Waals surface area contributed by atoms with E-state index in [0.717, 1.165) is 38.1 Å². The Bertz CT molecular complexity index is 981. The number of hydrogen-bond acceptors (Lipinski definition) is 5. The number of carbonyl (C=O) groups is 1. The number of rotatable bonds is 7. The second-order valence-electron chi connectivity index (χ2n) is 7.15. The molecule has 1 amide bonds. The Balaban J connectivity index is 2.00. The number of amides is 1. The predicted octanol–water partition coefficient (Wildman–Crippen LogP) is 5.23. The molecule has 1 aromatic heterocycles. The minimum absolute atomic E-state index is 0.00818. The number of hydrogen-bond donors (Lipinski definition) is 0. The normalized spacial score (nSPS) is 11.4. The van der Waals surface area contributed by atoms with Gasteiger partial charge in [-0.05, 0) is 69.1 Å². The highest BCUT2D eigenvalue weighted by Gasteiger charge is 2.22. The summed E-state index contributed by atoms with van der Waals surface area (Å²) in [6.07, 6.45) is 0. The highest BCUT2D eigenvalue weighted by atomic mass is 32.2. The van der Waals surface area contributed by atoms with E-state index in [1.165, 1.54) is 5.56 Å². The van der Waals surface area contributed by atoms with Gasteiger partial charge in [-0.25, -0.2) is 4.98 Å². The van der Waals surface area contributed by atoms with E-state index in [2.05, 4.69) is 43.9 Å². The summed E-state index contributed by atoms with van der Waals surface area (Å²) in [5.74, 6) is 0.993. The molecule has 0 saturated heterocycles. The lowest BCUT2D eigenvalue weighted by Crippen LogP contribution is -2.36. The van der Waals surface area contributed by atoms with Crippen molar-refractivity contribution in [1.82, 2.24) is 9.88 Å². The van der Waals surface area contributed by atoms with Crippen molar-refractivity contribution in [3.8, 4) is 0 Å². The number of carbonyl (C=O) groups excluding carboxylic acids is 1. The maximum absolute atomic E-state index is 13.4. The van der Waals surface area contributed by atoms with Gasteiger partial charge in [-0.3, -0.25) is 9.69 Å². The SMILES string of the molecule is CCSc1cccc(C(=O)N(CCN(C)C)c2nc3c(C)cc(C)cc3s2)c1. The van der Waals surface area contributed by atoms with Crippen LogP contribution in [0, 0.1) is 13.8 Å². The van der Waals surface area contributed by atoms with Gasteiger partial charge in [0.1, 0.15) is 0 Å². The summed E-state index contributed by atoms with van der Waals surface area (Å²) in [7, 11) is 4.04. The number of benzene rings is 2. The fourth-order valence-corrected chi connectivity index (χ4v) is 4.98. The minimum Gasteiger partial charge on any atom is -0.308 e. The molecule has 0 N–H and O–H groups in total. The Morgan fingerprint density at radius 2 is 1.93 bits per heavy atom. The summed E-state index contributed by atoms with van der Waals surface area (Å²) in [6, 6.07) is 12.2. The number of nitrogens with zero attached hydrogens (tertiary/aromatic N) is 3. The van der Waals surface area contributed by atoms with Crippen LogP contribution in [-0.2, 0) is 0 Å². The molecular formula is C22H27N3OS2. The fourth-order valence-electron chi connectivity index (χ4n) is 3.10. The highest BCUT2D eigenvalue weighted by molar-refractivity contribution is 7.99. The number of aryl methyl sites for hydroxylation is 2. The van der Waals surface area contributed by atoms with Gasteiger partial charge in [-0.1, -0.05) is 30.4 Å². The van der Waals surface area contributed by atoms with Crippen LogP contribution in [0.2, 0.25) is 0 Å². The predicted molar refractivity (Wildman–Crippen MR) is 122 cm³/mol. The van der Waals surface area contributed by atoms with E-state index in [4.69, 9.17) is 4.98 Å². The molecule has 148 valence electrons. The molecule has 3 aromatic rings. The summed E-state index contributed by atoms with van der Waals surface area (Å²) in [5, 5.41) is 0.768. The van der Waals surface area contributed by atoms with E-state index in [1.807, 2.05) is 37.2 Å². The molecule has 0 spiro atoms.